The molecule has 0 spiro atoms. The summed E-state index contributed by atoms with van der Waals surface area (Å²) in [5.74, 6) is 0.136. The van der Waals surface area contributed by atoms with Gasteiger partial charge in [0.05, 0.1) is 33.6 Å². The molecule has 0 aliphatic carbocycles. The van der Waals surface area contributed by atoms with E-state index < -0.39 is 20.4 Å². The summed E-state index contributed by atoms with van der Waals surface area (Å²) >= 11 is 0. The topological polar surface area (TPSA) is 151 Å². The van der Waals surface area contributed by atoms with Crippen molar-refractivity contribution in [2.75, 3.05) is 44.1 Å². The van der Waals surface area contributed by atoms with Crippen LogP contribution in [0.1, 0.15) is 56.6 Å². The molecule has 1 amide bonds. The molecule has 4 heterocycles. The maximum Gasteiger partial charge on any atom is 0.413 e. The maximum absolute atomic E-state index is 12.3. The summed E-state index contributed by atoms with van der Waals surface area (Å²) in [6, 6.07) is 24.6. The second kappa shape index (κ2) is 15.9. The van der Waals surface area contributed by atoms with E-state index in [4.69, 9.17) is 24.0 Å². The van der Waals surface area contributed by atoms with E-state index in [0.29, 0.717) is 48.7 Å². The second-order valence-electron chi connectivity index (χ2n) is 13.6. The third-order valence-electron chi connectivity index (χ3n) is 9.20. The van der Waals surface area contributed by atoms with Crippen molar-refractivity contribution >= 4 is 59.2 Å². The zero-order valence-electron chi connectivity index (χ0n) is 30.9. The minimum absolute atomic E-state index is 0.0931. The number of methoxy groups -OCH3 is 2. The summed E-state index contributed by atoms with van der Waals surface area (Å²) in [6.07, 6.45) is 4.35. The molecule has 0 radical (unpaired) electrons. The molecule has 0 atom stereocenters. The normalized spacial score (nSPS) is 11.9. The lowest BCUT2D eigenvalue weighted by Crippen LogP contribution is -2.67. The number of carbonyl (C=O) groups is 2. The van der Waals surface area contributed by atoms with Gasteiger partial charge in [-0.25, -0.2) is 24.1 Å². The highest BCUT2D eigenvalue weighted by atomic mass is 28.4. The summed E-state index contributed by atoms with van der Waals surface area (Å²) in [7, 11) is -0.192. The fourth-order valence-electron chi connectivity index (χ4n) is 6.71. The minimum atomic E-state index is -2.80. The summed E-state index contributed by atoms with van der Waals surface area (Å²) in [5.41, 5.74) is 2.61. The van der Waals surface area contributed by atoms with Crippen molar-refractivity contribution in [3.05, 3.63) is 96.6 Å². The molecule has 0 fully saturated rings. The maximum atomic E-state index is 12.3. The zero-order valence-corrected chi connectivity index (χ0v) is 31.9. The largest absolute Gasteiger partial charge is 0.464 e. The highest BCUT2D eigenvalue weighted by Gasteiger charge is 2.50. The molecule has 276 valence electrons. The predicted molar refractivity (Wildman–Crippen MR) is 205 cm³/mol. The average molecular weight is 736 g/mol. The number of unbranched alkanes of at least 4 members (excludes halogenated alkanes) is 1. The first-order valence-corrected chi connectivity index (χ1v) is 19.5. The van der Waals surface area contributed by atoms with Gasteiger partial charge in [0.2, 0.25) is 5.95 Å². The van der Waals surface area contributed by atoms with Crippen molar-refractivity contribution in [1.82, 2.24) is 34.3 Å². The minimum Gasteiger partial charge on any atom is -0.464 e. The van der Waals surface area contributed by atoms with Crippen molar-refractivity contribution in [3.8, 4) is 0 Å². The Bertz CT molecular complexity index is 2150. The molecule has 6 aromatic rings. The predicted octanol–water partition coefficient (Wildman–Crippen LogP) is 5.07. The van der Waals surface area contributed by atoms with Crippen LogP contribution in [0.15, 0.2) is 85.3 Å². The Morgan fingerprint density at radius 2 is 1.60 bits per heavy atom. The lowest BCUT2D eigenvalue weighted by atomic mass is 10.2. The van der Waals surface area contributed by atoms with Gasteiger partial charge in [-0.1, -0.05) is 101 Å². The van der Waals surface area contributed by atoms with E-state index in [2.05, 4.69) is 102 Å². The number of nitrogens with one attached hydrogen (secondary N) is 1. The van der Waals surface area contributed by atoms with E-state index in [1.54, 1.807) is 23.0 Å². The van der Waals surface area contributed by atoms with Gasteiger partial charge in [0.1, 0.15) is 11.8 Å². The van der Waals surface area contributed by atoms with Crippen LogP contribution in [0.5, 0.6) is 0 Å². The standard InChI is InChI=1S/C38H45N9O5Si/c1-7-8-21-45(22-23-52-53(38(2,3)4,28-15-11-9-12-16-28)29-17-13-10-14-18-29)34-32-30(41-36(42-34)43-37(49)51-6)25-46(44-32)24-27-19-20-31(35(48)50-5)47-33(27)39-26-40-47/h9-20,25-26H,7-8,21-24H2,1-6H3,(H,41,43,49). The fourth-order valence-corrected chi connectivity index (χ4v) is 11.3. The second-order valence-corrected chi connectivity index (χ2v) is 17.9. The van der Waals surface area contributed by atoms with Crippen LogP contribution in [0.25, 0.3) is 16.7 Å². The number of nitrogens with zero attached hydrogens (tertiary/aromatic N) is 8. The molecular weight excluding hydrogens is 691 g/mol. The molecule has 0 aliphatic rings. The Hall–Kier alpha value is -5.67. The van der Waals surface area contributed by atoms with Gasteiger partial charge in [0.15, 0.2) is 22.7 Å². The number of esters is 1. The lowest BCUT2D eigenvalue weighted by Gasteiger charge is -2.43. The fraction of sp³-hybridized carbons (Fsp3) is 0.342. The monoisotopic (exact) mass is 735 g/mol. The van der Waals surface area contributed by atoms with E-state index in [-0.39, 0.29) is 16.7 Å². The van der Waals surface area contributed by atoms with Gasteiger partial charge < -0.3 is 18.8 Å². The molecule has 0 unspecified atom stereocenters. The van der Waals surface area contributed by atoms with Gasteiger partial charge >= 0.3 is 12.1 Å². The first kappa shape index (κ1) is 37.1. The number of hydrogen-bond donors (Lipinski definition) is 1. The molecule has 0 saturated heterocycles. The lowest BCUT2D eigenvalue weighted by molar-refractivity contribution is 0.0590. The van der Waals surface area contributed by atoms with Gasteiger partial charge in [-0.05, 0) is 27.9 Å². The van der Waals surface area contributed by atoms with Crippen molar-refractivity contribution in [1.29, 1.82) is 0 Å². The third kappa shape index (κ3) is 7.62. The summed E-state index contributed by atoms with van der Waals surface area (Å²) in [6.45, 7) is 10.8. The van der Waals surface area contributed by atoms with Crippen LogP contribution in [0.4, 0.5) is 16.6 Å². The Morgan fingerprint density at radius 3 is 2.23 bits per heavy atom. The van der Waals surface area contributed by atoms with E-state index >= 15 is 0 Å². The molecule has 6 rings (SSSR count). The first-order valence-electron chi connectivity index (χ1n) is 17.6. The van der Waals surface area contributed by atoms with Crippen LogP contribution < -0.4 is 20.6 Å². The highest BCUT2D eigenvalue weighted by Crippen LogP contribution is 2.37. The van der Waals surface area contributed by atoms with Gasteiger partial charge in [-0.2, -0.15) is 15.2 Å². The quantitative estimate of drug-likeness (QED) is 0.118. The Morgan fingerprint density at radius 1 is 0.906 bits per heavy atom. The molecule has 0 aliphatic heterocycles. The van der Waals surface area contributed by atoms with Gasteiger partial charge in [0, 0.05) is 18.7 Å². The van der Waals surface area contributed by atoms with Crippen LogP contribution in [-0.2, 0) is 20.4 Å². The van der Waals surface area contributed by atoms with Crippen molar-refractivity contribution in [2.45, 2.75) is 52.1 Å². The molecule has 0 bridgehead atoms. The molecule has 0 saturated carbocycles. The number of benzene rings is 2. The van der Waals surface area contributed by atoms with Gasteiger partial charge in [0.25, 0.3) is 8.32 Å². The van der Waals surface area contributed by atoms with Crippen LogP contribution in [0.3, 0.4) is 0 Å². The van der Waals surface area contributed by atoms with Crippen LogP contribution >= 0.6 is 0 Å². The van der Waals surface area contributed by atoms with Crippen molar-refractivity contribution in [3.63, 3.8) is 0 Å². The zero-order chi connectivity index (χ0) is 37.6. The molecule has 53 heavy (non-hydrogen) atoms. The average Bonchev–Trinajstić information content (AvgIpc) is 3.82. The first-order chi connectivity index (χ1) is 25.6. The van der Waals surface area contributed by atoms with E-state index in [9.17, 15) is 9.59 Å². The molecule has 2 aromatic carbocycles. The summed E-state index contributed by atoms with van der Waals surface area (Å²) in [5, 5.41) is 14.0. The van der Waals surface area contributed by atoms with Crippen LogP contribution in [-0.4, -0.2) is 88.6 Å². The van der Waals surface area contributed by atoms with Gasteiger partial charge in [-0.15, -0.1) is 0 Å². The molecule has 4 aromatic heterocycles. The Kier molecular flexibility index (Phi) is 11.1. The number of amides is 1. The van der Waals surface area contributed by atoms with Crippen LogP contribution in [0, 0.1) is 0 Å². The van der Waals surface area contributed by atoms with E-state index in [1.165, 1.54) is 35.4 Å². The van der Waals surface area contributed by atoms with E-state index in [1.807, 2.05) is 12.1 Å². The van der Waals surface area contributed by atoms with E-state index in [0.717, 1.165) is 18.4 Å². The third-order valence-corrected chi connectivity index (χ3v) is 14.2. The van der Waals surface area contributed by atoms with Crippen molar-refractivity contribution < 1.29 is 23.5 Å². The number of hydrogen-bond acceptors (Lipinski definition) is 11. The summed E-state index contributed by atoms with van der Waals surface area (Å²) < 4.78 is 20.2. The highest BCUT2D eigenvalue weighted by molar-refractivity contribution is 6.99. The summed E-state index contributed by atoms with van der Waals surface area (Å²) in [4.78, 5) is 40.7. The van der Waals surface area contributed by atoms with Crippen molar-refractivity contribution in [2.24, 2.45) is 0 Å². The SMILES string of the molecule is CCCCN(CCO[Si](c1ccccc1)(c1ccccc1)C(C)(C)C)c1nc(NC(=O)OC)nc2cn(Cc3ccc(C(=O)OC)n4ncnc34)nc12. The number of ether oxygens (including phenoxy) is 2. The smallest absolute Gasteiger partial charge is 0.413 e. The number of pyridine rings is 1. The Labute approximate surface area is 309 Å². The molecular formula is C38H45N9O5Si. The Balaban J connectivity index is 1.38. The number of anilines is 2. The molecule has 1 N–H and O–H groups in total. The number of aromatic nitrogens is 7. The molecule has 14 nitrogen and oxygen atoms in total. The van der Waals surface area contributed by atoms with Crippen LogP contribution in [0.2, 0.25) is 5.04 Å². The number of fused-ring (bicyclic) bond motifs is 2. The number of carbonyl (C=O) groups excluding carboxylic acids is 2. The number of rotatable bonds is 14. The molecule has 15 heteroatoms. The van der Waals surface area contributed by atoms with Gasteiger partial charge in [-0.3, -0.25) is 10.00 Å².